The molecule has 84 valence electrons. The number of hydrogen-bond donors (Lipinski definition) is 2. The summed E-state index contributed by atoms with van der Waals surface area (Å²) in [5, 5.41) is 10.5. The van der Waals surface area contributed by atoms with Crippen LogP contribution in [0.15, 0.2) is 47.2 Å². The minimum absolute atomic E-state index is 0.266. The summed E-state index contributed by atoms with van der Waals surface area (Å²) in [5.41, 5.74) is 1.64. The first-order chi connectivity index (χ1) is 8.33. The summed E-state index contributed by atoms with van der Waals surface area (Å²) < 4.78 is 5.01. The zero-order valence-corrected chi connectivity index (χ0v) is 8.81. The van der Waals surface area contributed by atoms with Crippen molar-refractivity contribution in [1.82, 2.24) is 10.2 Å². The van der Waals surface area contributed by atoms with E-state index in [-0.39, 0.29) is 11.7 Å². The first-order valence-electron chi connectivity index (χ1n) is 5.11. The van der Waals surface area contributed by atoms with Crippen LogP contribution in [0, 0.1) is 0 Å². The Balaban J connectivity index is 1.87. The molecule has 2 heterocycles. The third kappa shape index (κ3) is 1.78. The van der Waals surface area contributed by atoms with Gasteiger partial charge in [-0.3, -0.25) is 9.89 Å². The molecule has 3 rings (SSSR count). The molecule has 0 unspecified atom stereocenters. The summed E-state index contributed by atoms with van der Waals surface area (Å²) in [6, 6.07) is 8.81. The zero-order chi connectivity index (χ0) is 11.7. The molecule has 0 atom stereocenters. The number of aromatic nitrogens is 2. The number of carbonyl (C=O) groups excluding carboxylic acids is 1. The van der Waals surface area contributed by atoms with Gasteiger partial charge in [-0.1, -0.05) is 0 Å². The van der Waals surface area contributed by atoms with E-state index < -0.39 is 0 Å². The highest BCUT2D eigenvalue weighted by Gasteiger charge is 2.08. The van der Waals surface area contributed by atoms with Gasteiger partial charge in [0.2, 0.25) is 0 Å². The Morgan fingerprint density at radius 1 is 1.35 bits per heavy atom. The molecule has 0 aliphatic carbocycles. The lowest BCUT2D eigenvalue weighted by Gasteiger charge is -2.02. The lowest BCUT2D eigenvalue weighted by molar-refractivity contribution is 0.0996. The van der Waals surface area contributed by atoms with E-state index >= 15 is 0 Å². The monoisotopic (exact) mass is 227 g/mol. The highest BCUT2D eigenvalue weighted by Crippen LogP contribution is 2.17. The number of nitrogens with zero attached hydrogens (tertiary/aromatic N) is 1. The van der Waals surface area contributed by atoms with Crippen LogP contribution in [-0.4, -0.2) is 16.1 Å². The van der Waals surface area contributed by atoms with E-state index in [4.69, 9.17) is 4.42 Å². The standard InChI is InChI=1S/C12H9N3O2/c16-12(11-2-1-5-17-11)14-9-3-4-10-8(6-9)7-13-15-10/h1-7H,(H,13,15)(H,14,16). The van der Waals surface area contributed by atoms with E-state index in [9.17, 15) is 4.79 Å². The molecule has 0 saturated carbocycles. The molecule has 2 aromatic heterocycles. The number of rotatable bonds is 2. The second kappa shape index (κ2) is 3.79. The van der Waals surface area contributed by atoms with Crippen molar-refractivity contribution in [1.29, 1.82) is 0 Å². The van der Waals surface area contributed by atoms with Crippen molar-refractivity contribution < 1.29 is 9.21 Å². The summed E-state index contributed by atoms with van der Waals surface area (Å²) in [5.74, 6) is 0.0233. The van der Waals surface area contributed by atoms with Gasteiger partial charge in [0, 0.05) is 11.1 Å². The van der Waals surface area contributed by atoms with Crippen molar-refractivity contribution in [3.63, 3.8) is 0 Å². The van der Waals surface area contributed by atoms with Gasteiger partial charge in [-0.25, -0.2) is 0 Å². The van der Waals surface area contributed by atoms with Crippen molar-refractivity contribution in [2.45, 2.75) is 0 Å². The smallest absolute Gasteiger partial charge is 0.291 e. The number of benzene rings is 1. The van der Waals surface area contributed by atoms with Gasteiger partial charge in [0.05, 0.1) is 18.0 Å². The minimum Gasteiger partial charge on any atom is -0.459 e. The third-order valence-corrected chi connectivity index (χ3v) is 2.44. The van der Waals surface area contributed by atoms with Gasteiger partial charge in [-0.15, -0.1) is 0 Å². The molecule has 0 bridgehead atoms. The van der Waals surface area contributed by atoms with Crippen LogP contribution in [0.25, 0.3) is 10.9 Å². The van der Waals surface area contributed by atoms with Crippen LogP contribution in [0.1, 0.15) is 10.6 Å². The number of H-pyrrole nitrogens is 1. The number of furan rings is 1. The van der Waals surface area contributed by atoms with Crippen LogP contribution in [0.2, 0.25) is 0 Å². The second-order valence-corrected chi connectivity index (χ2v) is 3.60. The SMILES string of the molecule is O=C(Nc1ccc2[nH]ncc2c1)c1ccco1. The predicted octanol–water partition coefficient (Wildman–Crippen LogP) is 2.41. The van der Waals surface area contributed by atoms with Crippen molar-refractivity contribution >= 4 is 22.5 Å². The molecule has 0 radical (unpaired) electrons. The number of anilines is 1. The third-order valence-electron chi connectivity index (χ3n) is 2.44. The van der Waals surface area contributed by atoms with Crippen molar-refractivity contribution in [2.24, 2.45) is 0 Å². The number of nitrogens with one attached hydrogen (secondary N) is 2. The molecule has 3 aromatic rings. The van der Waals surface area contributed by atoms with Crippen LogP contribution in [0.3, 0.4) is 0 Å². The summed E-state index contributed by atoms with van der Waals surface area (Å²) >= 11 is 0. The van der Waals surface area contributed by atoms with Gasteiger partial charge in [0.1, 0.15) is 0 Å². The molecule has 0 spiro atoms. The van der Waals surface area contributed by atoms with Crippen LogP contribution in [0.4, 0.5) is 5.69 Å². The molecule has 1 aromatic carbocycles. The second-order valence-electron chi connectivity index (χ2n) is 3.60. The Hall–Kier alpha value is -2.56. The summed E-state index contributed by atoms with van der Waals surface area (Å²) in [7, 11) is 0. The van der Waals surface area contributed by atoms with E-state index in [1.165, 1.54) is 6.26 Å². The van der Waals surface area contributed by atoms with Crippen LogP contribution in [-0.2, 0) is 0 Å². The fraction of sp³-hybridized carbons (Fsp3) is 0. The van der Waals surface area contributed by atoms with E-state index in [2.05, 4.69) is 15.5 Å². The van der Waals surface area contributed by atoms with Gasteiger partial charge in [0.25, 0.3) is 5.91 Å². The van der Waals surface area contributed by atoms with Gasteiger partial charge in [-0.05, 0) is 30.3 Å². The average molecular weight is 227 g/mol. The fourth-order valence-corrected chi connectivity index (χ4v) is 1.62. The van der Waals surface area contributed by atoms with Crippen molar-refractivity contribution in [3.05, 3.63) is 48.6 Å². The molecular formula is C12H9N3O2. The number of carbonyl (C=O) groups is 1. The fourth-order valence-electron chi connectivity index (χ4n) is 1.62. The van der Waals surface area contributed by atoms with Crippen LogP contribution in [0.5, 0.6) is 0 Å². The summed E-state index contributed by atoms with van der Waals surface area (Å²) in [6.45, 7) is 0. The Labute approximate surface area is 96.4 Å². The van der Waals surface area contributed by atoms with Crippen molar-refractivity contribution in [2.75, 3.05) is 5.32 Å². The number of amides is 1. The number of hydrogen-bond acceptors (Lipinski definition) is 3. The molecular weight excluding hydrogens is 218 g/mol. The maximum absolute atomic E-state index is 11.7. The Kier molecular flexibility index (Phi) is 2.15. The molecule has 0 fully saturated rings. The molecule has 0 aliphatic heterocycles. The first-order valence-corrected chi connectivity index (χ1v) is 5.11. The zero-order valence-electron chi connectivity index (χ0n) is 8.81. The minimum atomic E-state index is -0.266. The lowest BCUT2D eigenvalue weighted by Crippen LogP contribution is -2.10. The van der Waals surface area contributed by atoms with E-state index in [1.54, 1.807) is 24.4 Å². The predicted molar refractivity (Wildman–Crippen MR) is 62.8 cm³/mol. The van der Waals surface area contributed by atoms with Gasteiger partial charge < -0.3 is 9.73 Å². The molecule has 0 aliphatic rings. The van der Waals surface area contributed by atoms with Gasteiger partial charge in [-0.2, -0.15) is 5.10 Å². The van der Waals surface area contributed by atoms with Crippen molar-refractivity contribution in [3.8, 4) is 0 Å². The summed E-state index contributed by atoms with van der Waals surface area (Å²) in [4.78, 5) is 11.7. The van der Waals surface area contributed by atoms with E-state index in [1.807, 2.05) is 12.1 Å². The van der Waals surface area contributed by atoms with Crippen LogP contribution < -0.4 is 5.32 Å². The Morgan fingerprint density at radius 2 is 2.29 bits per heavy atom. The maximum Gasteiger partial charge on any atom is 0.291 e. The molecule has 17 heavy (non-hydrogen) atoms. The lowest BCUT2D eigenvalue weighted by atomic mass is 10.2. The highest BCUT2D eigenvalue weighted by atomic mass is 16.3. The first kappa shape index (κ1) is 9.65. The Morgan fingerprint density at radius 3 is 3.12 bits per heavy atom. The maximum atomic E-state index is 11.7. The molecule has 1 amide bonds. The van der Waals surface area contributed by atoms with E-state index in [0.29, 0.717) is 5.69 Å². The van der Waals surface area contributed by atoms with Crippen LogP contribution >= 0.6 is 0 Å². The average Bonchev–Trinajstić information content (AvgIpc) is 2.99. The normalized spacial score (nSPS) is 10.6. The molecule has 5 nitrogen and oxygen atoms in total. The van der Waals surface area contributed by atoms with E-state index in [0.717, 1.165) is 10.9 Å². The molecule has 2 N–H and O–H groups in total. The number of aromatic amines is 1. The quantitative estimate of drug-likeness (QED) is 0.706. The van der Waals surface area contributed by atoms with Gasteiger partial charge in [0.15, 0.2) is 5.76 Å². The molecule has 0 saturated heterocycles. The molecule has 5 heteroatoms. The highest BCUT2D eigenvalue weighted by molar-refractivity contribution is 6.03. The summed E-state index contributed by atoms with van der Waals surface area (Å²) in [6.07, 6.45) is 3.17. The largest absolute Gasteiger partial charge is 0.459 e. The van der Waals surface area contributed by atoms with Gasteiger partial charge >= 0.3 is 0 Å². The number of fused-ring (bicyclic) bond motifs is 1. The topological polar surface area (TPSA) is 70.9 Å². The Bertz CT molecular complexity index is 655.